The Bertz CT molecular complexity index is 323. The maximum Gasteiger partial charge on any atom is 0.0824 e. The average Bonchev–Trinajstić information content (AvgIpc) is 2.83. The molecule has 2 rings (SSSR count). The Balaban J connectivity index is 1.81. The number of rotatable bonds is 4. The number of hydrogen-bond donors (Lipinski definition) is 1. The molecule has 0 aromatic heterocycles. The Morgan fingerprint density at radius 1 is 1.19 bits per heavy atom. The van der Waals surface area contributed by atoms with Crippen molar-refractivity contribution in [1.29, 1.82) is 0 Å². The van der Waals surface area contributed by atoms with Gasteiger partial charge in [0.05, 0.1) is 6.10 Å². The molecule has 1 atom stereocenters. The molecule has 1 saturated carbocycles. The van der Waals surface area contributed by atoms with Gasteiger partial charge < -0.3 is 5.11 Å². The second-order valence-corrected chi connectivity index (χ2v) is 4.63. The van der Waals surface area contributed by atoms with E-state index in [-0.39, 0.29) is 6.10 Å². The van der Waals surface area contributed by atoms with E-state index >= 15 is 0 Å². The fourth-order valence-electron chi connectivity index (χ4n) is 2.36. The molecule has 0 bridgehead atoms. The van der Waals surface area contributed by atoms with Crippen molar-refractivity contribution in [1.82, 2.24) is 0 Å². The molecule has 1 nitrogen and oxygen atoms in total. The van der Waals surface area contributed by atoms with Crippen LogP contribution in [0.25, 0.3) is 0 Å². The summed E-state index contributed by atoms with van der Waals surface area (Å²) in [6.45, 7) is 0. The molecule has 1 heteroatoms. The van der Waals surface area contributed by atoms with E-state index in [1.165, 1.54) is 25.7 Å². The number of aliphatic hydroxyl groups excluding tert-OH is 1. The highest BCUT2D eigenvalue weighted by Crippen LogP contribution is 2.26. The van der Waals surface area contributed by atoms with Crippen molar-refractivity contribution in [2.45, 2.75) is 38.2 Å². The minimum Gasteiger partial charge on any atom is -0.388 e. The van der Waals surface area contributed by atoms with Crippen LogP contribution in [0.2, 0.25) is 0 Å². The summed E-state index contributed by atoms with van der Waals surface area (Å²) in [6, 6.07) is 9.88. The first-order chi connectivity index (χ1) is 7.86. The summed E-state index contributed by atoms with van der Waals surface area (Å²) in [5, 5.41) is 9.94. The van der Waals surface area contributed by atoms with Crippen LogP contribution in [0.15, 0.2) is 42.5 Å². The predicted molar refractivity (Wildman–Crippen MR) is 67.1 cm³/mol. The first-order valence-electron chi connectivity index (χ1n) is 6.26. The minimum absolute atomic E-state index is 0.348. The topological polar surface area (TPSA) is 20.2 Å². The Labute approximate surface area is 97.8 Å². The smallest absolute Gasteiger partial charge is 0.0824 e. The van der Waals surface area contributed by atoms with Gasteiger partial charge in [-0.1, -0.05) is 55.3 Å². The molecule has 0 amide bonds. The van der Waals surface area contributed by atoms with Crippen molar-refractivity contribution in [2.75, 3.05) is 0 Å². The van der Waals surface area contributed by atoms with Crippen molar-refractivity contribution >= 4 is 0 Å². The van der Waals surface area contributed by atoms with Gasteiger partial charge in [-0.15, -0.1) is 0 Å². The van der Waals surface area contributed by atoms with Gasteiger partial charge in [-0.05, 0) is 30.7 Å². The summed E-state index contributed by atoms with van der Waals surface area (Å²) in [5.41, 5.74) is 1.01. The van der Waals surface area contributed by atoms with Crippen LogP contribution in [-0.2, 0) is 0 Å². The van der Waals surface area contributed by atoms with Crippen LogP contribution in [0, 0.1) is 5.92 Å². The van der Waals surface area contributed by atoms with Crippen LogP contribution in [0.4, 0.5) is 0 Å². The molecule has 1 unspecified atom stereocenters. The summed E-state index contributed by atoms with van der Waals surface area (Å²) >= 11 is 0. The van der Waals surface area contributed by atoms with Crippen LogP contribution in [0.5, 0.6) is 0 Å². The first-order valence-corrected chi connectivity index (χ1v) is 6.26. The van der Waals surface area contributed by atoms with Crippen LogP contribution >= 0.6 is 0 Å². The van der Waals surface area contributed by atoms with Gasteiger partial charge in [0.2, 0.25) is 0 Å². The third kappa shape index (κ3) is 3.21. The second-order valence-electron chi connectivity index (χ2n) is 4.63. The third-order valence-corrected chi connectivity index (χ3v) is 3.35. The van der Waals surface area contributed by atoms with Gasteiger partial charge in [0, 0.05) is 0 Å². The number of allylic oxidation sites excluding steroid dienone is 1. The highest BCUT2D eigenvalue weighted by atomic mass is 16.3. The summed E-state index contributed by atoms with van der Waals surface area (Å²) in [4.78, 5) is 0. The standard InChI is InChI=1S/C15H20O/c16-15(14-10-2-1-3-11-14)12-6-9-13-7-4-5-8-13/h1-3,6,9-11,13,15-16H,4-5,7-8,12H2/b9-6+. The molecule has 0 heterocycles. The second kappa shape index (κ2) is 5.86. The van der Waals surface area contributed by atoms with Gasteiger partial charge in [-0.3, -0.25) is 0 Å². The molecule has 1 N–H and O–H groups in total. The number of aliphatic hydroxyl groups is 1. The highest BCUT2D eigenvalue weighted by Gasteiger charge is 2.11. The summed E-state index contributed by atoms with van der Waals surface area (Å²) in [7, 11) is 0. The molecule has 1 aliphatic carbocycles. The van der Waals surface area contributed by atoms with Gasteiger partial charge in [-0.25, -0.2) is 0 Å². The summed E-state index contributed by atoms with van der Waals surface area (Å²) in [6.07, 6.45) is 10.2. The van der Waals surface area contributed by atoms with E-state index in [1.807, 2.05) is 30.3 Å². The quantitative estimate of drug-likeness (QED) is 0.758. The molecule has 16 heavy (non-hydrogen) atoms. The molecule has 1 aromatic carbocycles. The molecule has 0 radical (unpaired) electrons. The molecule has 1 aliphatic rings. The van der Waals surface area contributed by atoms with Gasteiger partial charge in [-0.2, -0.15) is 0 Å². The molecule has 0 saturated heterocycles. The van der Waals surface area contributed by atoms with Gasteiger partial charge >= 0.3 is 0 Å². The van der Waals surface area contributed by atoms with Gasteiger partial charge in [0.1, 0.15) is 0 Å². The number of benzene rings is 1. The first kappa shape index (κ1) is 11.4. The largest absolute Gasteiger partial charge is 0.388 e. The average molecular weight is 216 g/mol. The lowest BCUT2D eigenvalue weighted by molar-refractivity contribution is 0.181. The molecule has 86 valence electrons. The zero-order valence-corrected chi connectivity index (χ0v) is 9.68. The third-order valence-electron chi connectivity index (χ3n) is 3.35. The zero-order valence-electron chi connectivity index (χ0n) is 9.68. The van der Waals surface area contributed by atoms with Crippen LogP contribution < -0.4 is 0 Å². The molecule has 1 aromatic rings. The van der Waals surface area contributed by atoms with Crippen molar-refractivity contribution in [3.63, 3.8) is 0 Å². The maximum absolute atomic E-state index is 9.94. The number of hydrogen-bond acceptors (Lipinski definition) is 1. The van der Waals surface area contributed by atoms with Crippen molar-refractivity contribution in [3.05, 3.63) is 48.0 Å². The maximum atomic E-state index is 9.94. The molecule has 0 aliphatic heterocycles. The fraction of sp³-hybridized carbons (Fsp3) is 0.467. The Morgan fingerprint density at radius 3 is 2.56 bits per heavy atom. The minimum atomic E-state index is -0.348. The normalized spacial score (nSPS) is 19.3. The monoisotopic (exact) mass is 216 g/mol. The van der Waals surface area contributed by atoms with E-state index in [2.05, 4.69) is 12.2 Å². The Morgan fingerprint density at radius 2 is 1.88 bits per heavy atom. The molecule has 1 fully saturated rings. The zero-order chi connectivity index (χ0) is 11.2. The highest BCUT2D eigenvalue weighted by molar-refractivity contribution is 5.17. The summed E-state index contributed by atoms with van der Waals surface area (Å²) in [5.74, 6) is 0.767. The lowest BCUT2D eigenvalue weighted by Crippen LogP contribution is -1.95. The van der Waals surface area contributed by atoms with E-state index in [9.17, 15) is 5.11 Å². The van der Waals surface area contributed by atoms with E-state index in [0.717, 1.165) is 17.9 Å². The lowest BCUT2D eigenvalue weighted by atomic mass is 10.0. The molecular formula is C15H20O. The van der Waals surface area contributed by atoms with Gasteiger partial charge in [0.25, 0.3) is 0 Å². The lowest BCUT2D eigenvalue weighted by Gasteiger charge is -2.08. The van der Waals surface area contributed by atoms with Gasteiger partial charge in [0.15, 0.2) is 0 Å². The SMILES string of the molecule is OC(C/C=C/C1CCCC1)c1ccccc1. The Kier molecular flexibility index (Phi) is 4.17. The van der Waals surface area contributed by atoms with E-state index in [0.29, 0.717) is 0 Å². The van der Waals surface area contributed by atoms with E-state index in [1.54, 1.807) is 0 Å². The Hall–Kier alpha value is -1.08. The summed E-state index contributed by atoms with van der Waals surface area (Å²) < 4.78 is 0. The van der Waals surface area contributed by atoms with Crippen LogP contribution in [0.3, 0.4) is 0 Å². The van der Waals surface area contributed by atoms with Crippen molar-refractivity contribution < 1.29 is 5.11 Å². The van der Waals surface area contributed by atoms with Crippen molar-refractivity contribution in [3.8, 4) is 0 Å². The van der Waals surface area contributed by atoms with Crippen molar-refractivity contribution in [2.24, 2.45) is 5.92 Å². The molecule has 0 spiro atoms. The fourth-order valence-corrected chi connectivity index (χ4v) is 2.36. The van der Waals surface area contributed by atoms with E-state index in [4.69, 9.17) is 0 Å². The van der Waals surface area contributed by atoms with Crippen LogP contribution in [0.1, 0.15) is 43.8 Å². The predicted octanol–water partition coefficient (Wildman–Crippen LogP) is 3.86. The van der Waals surface area contributed by atoms with E-state index < -0.39 is 0 Å². The molecular weight excluding hydrogens is 196 g/mol. The van der Waals surface area contributed by atoms with Crippen LogP contribution in [-0.4, -0.2) is 5.11 Å².